The minimum absolute atomic E-state index is 0.119. The lowest BCUT2D eigenvalue weighted by Crippen LogP contribution is -2.34. The number of ether oxygens (including phenoxy) is 1. The summed E-state index contributed by atoms with van der Waals surface area (Å²) in [5.41, 5.74) is 1.99. The Hall–Kier alpha value is -2.92. The quantitative estimate of drug-likeness (QED) is 0.825. The Kier molecular flexibility index (Phi) is 5.76. The first kappa shape index (κ1) is 19.4. The number of nitrogens with one attached hydrogen (secondary N) is 2. The van der Waals surface area contributed by atoms with Gasteiger partial charge in [-0.25, -0.2) is 9.97 Å². The summed E-state index contributed by atoms with van der Waals surface area (Å²) in [7, 11) is 0. The first-order valence-electron chi connectivity index (χ1n) is 10.2. The lowest BCUT2D eigenvalue weighted by molar-refractivity contribution is 0.0845. The number of pyridine rings is 1. The van der Waals surface area contributed by atoms with Gasteiger partial charge in [-0.3, -0.25) is 4.79 Å². The molecule has 0 unspecified atom stereocenters. The molecule has 8 heteroatoms. The maximum atomic E-state index is 12.6. The molecule has 2 aromatic heterocycles. The van der Waals surface area contributed by atoms with Crippen molar-refractivity contribution in [2.75, 3.05) is 36.5 Å². The summed E-state index contributed by atoms with van der Waals surface area (Å²) in [5.74, 6) is 1.66. The molecule has 1 amide bonds. The third kappa shape index (κ3) is 4.40. The van der Waals surface area contributed by atoms with Gasteiger partial charge in [0.25, 0.3) is 5.91 Å². The van der Waals surface area contributed by atoms with E-state index in [2.05, 4.69) is 27.1 Å². The van der Waals surface area contributed by atoms with Crippen LogP contribution in [0.4, 0.5) is 11.5 Å². The molecule has 29 heavy (non-hydrogen) atoms. The monoisotopic (exact) mass is 394 g/mol. The molecule has 2 aliphatic rings. The molecule has 4 heterocycles. The number of hydrogen-bond acceptors (Lipinski definition) is 6. The van der Waals surface area contributed by atoms with E-state index < -0.39 is 0 Å². The highest BCUT2D eigenvalue weighted by atomic mass is 16.5. The van der Waals surface area contributed by atoms with E-state index in [9.17, 15) is 4.79 Å². The van der Waals surface area contributed by atoms with Crippen molar-refractivity contribution in [1.82, 2.24) is 15.0 Å². The lowest BCUT2D eigenvalue weighted by atomic mass is 9.95. The van der Waals surface area contributed by atoms with Gasteiger partial charge in [-0.15, -0.1) is 0 Å². The first-order valence-corrected chi connectivity index (χ1v) is 10.2. The largest absolute Gasteiger partial charge is 0.381 e. The molecule has 2 fully saturated rings. The summed E-state index contributed by atoms with van der Waals surface area (Å²) in [5, 5.41) is 11.9. The topological polar surface area (TPSA) is 107 Å². The smallest absolute Gasteiger partial charge is 0.291 e. The molecule has 0 spiro atoms. The van der Waals surface area contributed by atoms with Crippen LogP contribution >= 0.6 is 0 Å². The number of nitrogens with zero attached hydrogens (tertiary/aromatic N) is 4. The van der Waals surface area contributed by atoms with Crippen molar-refractivity contribution in [3.05, 3.63) is 35.5 Å². The van der Waals surface area contributed by atoms with Crippen LogP contribution in [0.5, 0.6) is 0 Å². The highest BCUT2D eigenvalue weighted by Gasteiger charge is 2.24. The Balaban J connectivity index is 1.60. The molecule has 0 aliphatic carbocycles. The second kappa shape index (κ2) is 8.62. The van der Waals surface area contributed by atoms with Crippen molar-refractivity contribution in [3.8, 4) is 6.07 Å². The van der Waals surface area contributed by atoms with E-state index in [1.165, 1.54) is 6.20 Å². The number of rotatable bonds is 4. The molecule has 0 aromatic carbocycles. The van der Waals surface area contributed by atoms with Gasteiger partial charge in [0.1, 0.15) is 11.8 Å². The van der Waals surface area contributed by atoms with E-state index in [4.69, 9.17) is 15.0 Å². The standard InChI is InChI=1S/C21H26N6O2/c1-14-4-8-27(9-5-14)20-18(26-21(28)19-23-13-16(12-22)24-19)3-2-17(25-20)15-6-10-29-11-7-15/h2-3,13-15H,4-11H2,1H3,(H,23,24)(H,26,28). The lowest BCUT2D eigenvalue weighted by Gasteiger charge is -2.33. The fraction of sp³-hybridized carbons (Fsp3) is 0.524. The molecule has 0 radical (unpaired) electrons. The Morgan fingerprint density at radius 2 is 2.03 bits per heavy atom. The second-order valence-corrected chi connectivity index (χ2v) is 7.87. The van der Waals surface area contributed by atoms with E-state index in [-0.39, 0.29) is 17.4 Å². The minimum Gasteiger partial charge on any atom is -0.381 e. The number of piperidine rings is 1. The van der Waals surface area contributed by atoms with Crippen molar-refractivity contribution in [2.45, 2.75) is 38.5 Å². The average Bonchev–Trinajstić information content (AvgIpc) is 3.25. The van der Waals surface area contributed by atoms with Crippen molar-refractivity contribution in [2.24, 2.45) is 5.92 Å². The van der Waals surface area contributed by atoms with Crippen molar-refractivity contribution < 1.29 is 9.53 Å². The van der Waals surface area contributed by atoms with Crippen LogP contribution in [0.15, 0.2) is 18.3 Å². The van der Waals surface area contributed by atoms with Crippen molar-refractivity contribution in [1.29, 1.82) is 5.26 Å². The van der Waals surface area contributed by atoms with Gasteiger partial charge in [-0.05, 0) is 43.7 Å². The van der Waals surface area contributed by atoms with Crippen molar-refractivity contribution in [3.63, 3.8) is 0 Å². The Morgan fingerprint density at radius 1 is 1.28 bits per heavy atom. The predicted octanol–water partition coefficient (Wildman–Crippen LogP) is 3.06. The third-order valence-electron chi connectivity index (χ3n) is 5.78. The Labute approximate surface area is 170 Å². The van der Waals surface area contributed by atoms with Gasteiger partial charge in [0.15, 0.2) is 11.6 Å². The molecule has 4 rings (SSSR count). The van der Waals surface area contributed by atoms with Gasteiger partial charge in [-0.2, -0.15) is 5.26 Å². The first-order chi connectivity index (χ1) is 14.1. The number of amides is 1. The summed E-state index contributed by atoms with van der Waals surface area (Å²) >= 11 is 0. The number of carbonyl (C=O) groups excluding carboxylic acids is 1. The van der Waals surface area contributed by atoms with E-state index in [1.807, 2.05) is 18.2 Å². The van der Waals surface area contributed by atoms with Crippen LogP contribution in [0.25, 0.3) is 0 Å². The molecule has 2 saturated heterocycles. The molecule has 0 saturated carbocycles. The van der Waals surface area contributed by atoms with Crippen LogP contribution < -0.4 is 10.2 Å². The van der Waals surface area contributed by atoms with Crippen LogP contribution in [-0.4, -0.2) is 47.2 Å². The molecule has 2 aromatic rings. The van der Waals surface area contributed by atoms with Crippen LogP contribution in [0.2, 0.25) is 0 Å². The second-order valence-electron chi connectivity index (χ2n) is 7.87. The number of aromatic amines is 1. The van der Waals surface area contributed by atoms with Crippen LogP contribution in [0.3, 0.4) is 0 Å². The van der Waals surface area contributed by atoms with Gasteiger partial charge >= 0.3 is 0 Å². The van der Waals surface area contributed by atoms with Gasteiger partial charge in [0.2, 0.25) is 0 Å². The number of aromatic nitrogens is 3. The summed E-state index contributed by atoms with van der Waals surface area (Å²) in [6.07, 6.45) is 5.52. The number of H-pyrrole nitrogens is 1. The molecule has 0 atom stereocenters. The highest BCUT2D eigenvalue weighted by molar-refractivity contribution is 6.03. The fourth-order valence-corrected chi connectivity index (χ4v) is 3.92. The average molecular weight is 394 g/mol. The van der Waals surface area contributed by atoms with Crippen LogP contribution in [-0.2, 0) is 4.74 Å². The van der Waals surface area contributed by atoms with Gasteiger partial charge in [-0.1, -0.05) is 6.92 Å². The third-order valence-corrected chi connectivity index (χ3v) is 5.78. The van der Waals surface area contributed by atoms with E-state index >= 15 is 0 Å². The number of imidazole rings is 1. The Morgan fingerprint density at radius 3 is 2.72 bits per heavy atom. The number of carbonyl (C=O) groups is 1. The molecule has 152 valence electrons. The van der Waals surface area contributed by atoms with Crippen molar-refractivity contribution >= 4 is 17.4 Å². The fourth-order valence-electron chi connectivity index (χ4n) is 3.92. The maximum absolute atomic E-state index is 12.6. The van der Waals surface area contributed by atoms with E-state index in [0.29, 0.717) is 17.5 Å². The molecule has 2 aliphatic heterocycles. The zero-order valence-corrected chi connectivity index (χ0v) is 16.6. The molecule has 8 nitrogen and oxygen atoms in total. The number of anilines is 2. The van der Waals surface area contributed by atoms with Gasteiger partial charge in [0.05, 0.1) is 11.9 Å². The summed E-state index contributed by atoms with van der Waals surface area (Å²) in [4.78, 5) is 26.6. The van der Waals surface area contributed by atoms with E-state index in [0.717, 1.165) is 63.5 Å². The zero-order chi connectivity index (χ0) is 20.2. The van der Waals surface area contributed by atoms with E-state index in [1.54, 1.807) is 0 Å². The number of hydrogen-bond donors (Lipinski definition) is 2. The SMILES string of the molecule is CC1CCN(c2nc(C3CCOCC3)ccc2NC(=O)c2ncc(C#N)[nH]2)CC1. The zero-order valence-electron chi connectivity index (χ0n) is 16.6. The number of nitriles is 1. The summed E-state index contributed by atoms with van der Waals surface area (Å²) in [6.45, 7) is 5.65. The van der Waals surface area contributed by atoms with Gasteiger partial charge in [0, 0.05) is 37.9 Å². The molecule has 2 N–H and O–H groups in total. The normalized spacial score (nSPS) is 18.4. The summed E-state index contributed by atoms with van der Waals surface area (Å²) in [6, 6.07) is 5.89. The molecular weight excluding hydrogens is 368 g/mol. The van der Waals surface area contributed by atoms with Gasteiger partial charge < -0.3 is 19.9 Å². The maximum Gasteiger partial charge on any atom is 0.291 e. The minimum atomic E-state index is -0.376. The van der Waals surface area contributed by atoms with Crippen LogP contribution in [0, 0.1) is 17.2 Å². The molecular formula is C21H26N6O2. The predicted molar refractivity (Wildman–Crippen MR) is 109 cm³/mol. The van der Waals surface area contributed by atoms with Crippen LogP contribution in [0.1, 0.15) is 60.5 Å². The Bertz CT molecular complexity index is 904. The molecule has 0 bridgehead atoms. The summed E-state index contributed by atoms with van der Waals surface area (Å²) < 4.78 is 5.49. The highest BCUT2D eigenvalue weighted by Crippen LogP contribution is 2.33.